The summed E-state index contributed by atoms with van der Waals surface area (Å²) >= 11 is 0. The minimum Gasteiger partial charge on any atom is -0.477 e. The number of nitriles is 1. The van der Waals surface area contributed by atoms with Crippen LogP contribution >= 0.6 is 0 Å². The van der Waals surface area contributed by atoms with E-state index in [0.29, 0.717) is 55.6 Å². The van der Waals surface area contributed by atoms with E-state index in [4.69, 9.17) is 4.74 Å². The predicted octanol–water partition coefficient (Wildman–Crippen LogP) is 1.71. The smallest absolute Gasteiger partial charge is 0.259 e. The van der Waals surface area contributed by atoms with Gasteiger partial charge in [-0.3, -0.25) is 4.79 Å². The molecular weight excluding hydrogens is 318 g/mol. The van der Waals surface area contributed by atoms with Gasteiger partial charge in [0.05, 0.1) is 12.2 Å². The Balaban J connectivity index is 1.70. The zero-order chi connectivity index (χ0) is 17.6. The van der Waals surface area contributed by atoms with E-state index in [-0.39, 0.29) is 5.91 Å². The van der Waals surface area contributed by atoms with Gasteiger partial charge in [-0.2, -0.15) is 5.26 Å². The van der Waals surface area contributed by atoms with Gasteiger partial charge in [-0.05, 0) is 31.2 Å². The average Bonchev–Trinajstić information content (AvgIpc) is 2.68. The van der Waals surface area contributed by atoms with Crippen LogP contribution in [0.3, 0.4) is 0 Å². The molecule has 128 valence electrons. The molecule has 2 aromatic rings. The van der Waals surface area contributed by atoms with Gasteiger partial charge in [-0.15, -0.1) is 0 Å². The molecule has 2 aromatic heterocycles. The number of aromatic nitrogens is 2. The monoisotopic (exact) mass is 337 g/mol. The highest BCUT2D eigenvalue weighted by Gasteiger charge is 2.26. The number of hydrogen-bond donors (Lipinski definition) is 0. The van der Waals surface area contributed by atoms with Crippen molar-refractivity contribution in [1.82, 2.24) is 14.9 Å². The quantitative estimate of drug-likeness (QED) is 0.845. The lowest BCUT2D eigenvalue weighted by Gasteiger charge is -2.35. The van der Waals surface area contributed by atoms with Crippen molar-refractivity contribution in [2.75, 3.05) is 37.7 Å². The Kier molecular flexibility index (Phi) is 5.09. The van der Waals surface area contributed by atoms with Gasteiger partial charge in [-0.1, -0.05) is 0 Å². The molecule has 0 atom stereocenters. The Hall–Kier alpha value is -3.14. The van der Waals surface area contributed by atoms with Crippen LogP contribution in [0.15, 0.2) is 36.7 Å². The summed E-state index contributed by atoms with van der Waals surface area (Å²) in [5, 5.41) is 9.22. The van der Waals surface area contributed by atoms with Crippen molar-refractivity contribution in [1.29, 1.82) is 5.26 Å². The van der Waals surface area contributed by atoms with Gasteiger partial charge in [-0.25, -0.2) is 9.97 Å². The van der Waals surface area contributed by atoms with Crippen molar-refractivity contribution < 1.29 is 9.53 Å². The summed E-state index contributed by atoms with van der Waals surface area (Å²) in [6.07, 6.45) is 3.29. The summed E-state index contributed by atoms with van der Waals surface area (Å²) < 4.78 is 5.45. The Bertz CT molecular complexity index is 794. The highest BCUT2D eigenvalue weighted by molar-refractivity contribution is 5.96. The topological polar surface area (TPSA) is 82.3 Å². The van der Waals surface area contributed by atoms with E-state index in [9.17, 15) is 10.1 Å². The van der Waals surface area contributed by atoms with E-state index < -0.39 is 0 Å². The number of carbonyl (C=O) groups is 1. The molecule has 0 saturated carbocycles. The van der Waals surface area contributed by atoms with Crippen molar-refractivity contribution in [3.63, 3.8) is 0 Å². The molecule has 25 heavy (non-hydrogen) atoms. The van der Waals surface area contributed by atoms with E-state index in [1.165, 1.54) is 0 Å². The molecule has 1 saturated heterocycles. The molecule has 0 N–H and O–H groups in total. The Morgan fingerprint density at radius 2 is 1.92 bits per heavy atom. The van der Waals surface area contributed by atoms with E-state index in [1.807, 2.05) is 11.8 Å². The molecule has 1 aliphatic rings. The first-order valence-electron chi connectivity index (χ1n) is 8.21. The molecule has 0 aromatic carbocycles. The number of anilines is 1. The van der Waals surface area contributed by atoms with Crippen LogP contribution in [0.4, 0.5) is 5.82 Å². The van der Waals surface area contributed by atoms with Gasteiger partial charge in [0.25, 0.3) is 5.91 Å². The number of nitrogens with zero attached hydrogens (tertiary/aromatic N) is 5. The van der Waals surface area contributed by atoms with Gasteiger partial charge in [0.2, 0.25) is 5.88 Å². The summed E-state index contributed by atoms with van der Waals surface area (Å²) in [6, 6.07) is 9.14. The largest absolute Gasteiger partial charge is 0.477 e. The number of piperazine rings is 1. The fourth-order valence-electron chi connectivity index (χ4n) is 2.83. The van der Waals surface area contributed by atoms with Gasteiger partial charge >= 0.3 is 0 Å². The van der Waals surface area contributed by atoms with Crippen LogP contribution in [0.25, 0.3) is 0 Å². The molecule has 3 rings (SSSR count). The van der Waals surface area contributed by atoms with Crippen LogP contribution < -0.4 is 9.64 Å². The summed E-state index contributed by atoms with van der Waals surface area (Å²) in [5.74, 6) is 0.958. The highest BCUT2D eigenvalue weighted by Crippen LogP contribution is 2.21. The number of ether oxygens (including phenoxy) is 1. The molecule has 7 heteroatoms. The summed E-state index contributed by atoms with van der Waals surface area (Å²) in [6.45, 7) is 4.69. The zero-order valence-electron chi connectivity index (χ0n) is 14.1. The van der Waals surface area contributed by atoms with Crippen LogP contribution in [0, 0.1) is 11.3 Å². The molecule has 3 heterocycles. The third-order valence-corrected chi connectivity index (χ3v) is 4.06. The molecule has 0 aliphatic carbocycles. The number of pyridine rings is 2. The van der Waals surface area contributed by atoms with Crippen molar-refractivity contribution >= 4 is 11.7 Å². The second-order valence-electron chi connectivity index (χ2n) is 5.55. The molecular formula is C18H19N5O2. The molecule has 0 unspecified atom stereocenters. The van der Waals surface area contributed by atoms with Crippen LogP contribution in [0.5, 0.6) is 5.88 Å². The Labute approximate surface area is 146 Å². The number of rotatable bonds is 4. The molecule has 0 spiro atoms. The molecule has 0 radical (unpaired) electrons. The first-order chi connectivity index (χ1) is 12.2. The maximum absolute atomic E-state index is 12.8. The normalized spacial score (nSPS) is 14.1. The van der Waals surface area contributed by atoms with E-state index in [1.54, 1.807) is 41.6 Å². The third kappa shape index (κ3) is 3.53. The molecule has 7 nitrogen and oxygen atoms in total. The van der Waals surface area contributed by atoms with E-state index in [2.05, 4.69) is 16.0 Å². The van der Waals surface area contributed by atoms with Crippen molar-refractivity contribution in [3.05, 3.63) is 47.8 Å². The lowest BCUT2D eigenvalue weighted by molar-refractivity contribution is 0.0741. The van der Waals surface area contributed by atoms with Crippen LogP contribution in [-0.4, -0.2) is 53.6 Å². The van der Waals surface area contributed by atoms with Gasteiger partial charge in [0.15, 0.2) is 0 Å². The summed E-state index contributed by atoms with van der Waals surface area (Å²) in [4.78, 5) is 25.1. The minimum atomic E-state index is -0.0854. The standard InChI is InChI=1S/C18H19N5O2/c1-2-25-17-15(6-4-8-21-17)18(24)23-11-9-22(10-12-23)16-14(13-19)5-3-7-20-16/h3-8H,2,9-12H2,1H3. The lowest BCUT2D eigenvalue weighted by atomic mass is 10.2. The van der Waals surface area contributed by atoms with Crippen LogP contribution in [-0.2, 0) is 0 Å². The summed E-state index contributed by atoms with van der Waals surface area (Å²) in [7, 11) is 0. The van der Waals surface area contributed by atoms with Crippen molar-refractivity contribution in [3.8, 4) is 11.9 Å². The first-order valence-corrected chi connectivity index (χ1v) is 8.21. The average molecular weight is 337 g/mol. The SMILES string of the molecule is CCOc1ncccc1C(=O)N1CCN(c2ncccc2C#N)CC1. The summed E-state index contributed by atoms with van der Waals surface area (Å²) in [5.41, 5.74) is 1.03. The maximum atomic E-state index is 12.8. The Morgan fingerprint density at radius 3 is 2.64 bits per heavy atom. The van der Waals surface area contributed by atoms with E-state index >= 15 is 0 Å². The third-order valence-electron chi connectivity index (χ3n) is 4.06. The van der Waals surface area contributed by atoms with Gasteiger partial charge in [0.1, 0.15) is 17.5 Å². The molecule has 0 bridgehead atoms. The molecule has 1 fully saturated rings. The number of amides is 1. The fraction of sp³-hybridized carbons (Fsp3) is 0.333. The van der Waals surface area contributed by atoms with Crippen molar-refractivity contribution in [2.24, 2.45) is 0 Å². The Morgan fingerprint density at radius 1 is 1.20 bits per heavy atom. The van der Waals surface area contributed by atoms with Crippen LogP contribution in [0.2, 0.25) is 0 Å². The molecule has 1 aliphatic heterocycles. The fourth-order valence-corrected chi connectivity index (χ4v) is 2.83. The maximum Gasteiger partial charge on any atom is 0.259 e. The van der Waals surface area contributed by atoms with Crippen LogP contribution in [0.1, 0.15) is 22.8 Å². The van der Waals surface area contributed by atoms with Gasteiger partial charge in [0, 0.05) is 38.6 Å². The first kappa shape index (κ1) is 16.7. The van der Waals surface area contributed by atoms with E-state index in [0.717, 1.165) is 0 Å². The predicted molar refractivity (Wildman–Crippen MR) is 92.5 cm³/mol. The zero-order valence-corrected chi connectivity index (χ0v) is 14.1. The molecule has 1 amide bonds. The lowest BCUT2D eigenvalue weighted by Crippen LogP contribution is -2.49. The second-order valence-corrected chi connectivity index (χ2v) is 5.55. The van der Waals surface area contributed by atoms with Crippen molar-refractivity contribution in [2.45, 2.75) is 6.92 Å². The highest BCUT2D eigenvalue weighted by atomic mass is 16.5. The number of hydrogen-bond acceptors (Lipinski definition) is 6. The minimum absolute atomic E-state index is 0.0854. The van der Waals surface area contributed by atoms with Gasteiger partial charge < -0.3 is 14.5 Å². The number of carbonyl (C=O) groups excluding carboxylic acids is 1. The second kappa shape index (κ2) is 7.62.